The predicted octanol–water partition coefficient (Wildman–Crippen LogP) is 5.47. The van der Waals surface area contributed by atoms with Gasteiger partial charge in [-0.2, -0.15) is 13.2 Å². The van der Waals surface area contributed by atoms with E-state index in [1.165, 1.54) is 6.07 Å². The van der Waals surface area contributed by atoms with Crippen molar-refractivity contribution in [2.24, 2.45) is 0 Å². The highest BCUT2D eigenvalue weighted by molar-refractivity contribution is 6.09. The smallest absolute Gasteiger partial charge is 0.430 e. The lowest BCUT2D eigenvalue weighted by Gasteiger charge is -2.19. The van der Waals surface area contributed by atoms with Gasteiger partial charge >= 0.3 is 18.1 Å². The number of esters is 1. The summed E-state index contributed by atoms with van der Waals surface area (Å²) >= 11 is 0. The van der Waals surface area contributed by atoms with Gasteiger partial charge in [-0.3, -0.25) is 9.59 Å². The number of ether oxygens (including phenoxy) is 6. The Bertz CT molecular complexity index is 2190. The molecule has 2 aliphatic rings. The molecule has 0 radical (unpaired) electrons. The van der Waals surface area contributed by atoms with E-state index in [0.29, 0.717) is 113 Å². The summed E-state index contributed by atoms with van der Waals surface area (Å²) < 4.78 is 72.9. The molecule has 0 fully saturated rings. The van der Waals surface area contributed by atoms with E-state index in [4.69, 9.17) is 42.7 Å². The maximum atomic E-state index is 13.4. The predicted molar refractivity (Wildman–Crippen MR) is 230 cm³/mol. The SMILES string of the molecule is CN(C)c1ccc2c(-c3cc(C(=O)CCCOCCOCCOCCOCCOCCCC(=O)OC(C)(C)C)ccc3C(=O)O)c3ccc(=[N+](C)C)cc-3oc2c1.O=C([O-])C(F)(F)F. The lowest BCUT2D eigenvalue weighted by Crippen LogP contribution is -2.37. The summed E-state index contributed by atoms with van der Waals surface area (Å²) in [6.07, 6.45) is -3.51. The van der Waals surface area contributed by atoms with E-state index in [1.54, 1.807) is 12.1 Å². The van der Waals surface area contributed by atoms with E-state index in [-0.39, 0.29) is 23.7 Å². The zero-order valence-electron chi connectivity index (χ0n) is 37.5. The minimum atomic E-state index is -5.19. The molecule has 2 aromatic rings. The van der Waals surface area contributed by atoms with E-state index in [9.17, 15) is 32.7 Å². The van der Waals surface area contributed by atoms with Crippen LogP contribution in [0.4, 0.5) is 18.9 Å². The Morgan fingerprint density at radius 1 is 0.719 bits per heavy atom. The van der Waals surface area contributed by atoms with Crippen molar-refractivity contribution in [3.8, 4) is 22.5 Å². The molecule has 64 heavy (non-hydrogen) atoms. The van der Waals surface area contributed by atoms with Crippen LogP contribution in [-0.2, 0) is 38.0 Å². The molecule has 1 aliphatic heterocycles. The van der Waals surface area contributed by atoms with Crippen molar-refractivity contribution in [3.63, 3.8) is 0 Å². The third-order valence-corrected chi connectivity index (χ3v) is 9.06. The number of rotatable bonds is 24. The van der Waals surface area contributed by atoms with E-state index in [1.807, 2.05) is 94.8 Å². The molecule has 0 aromatic heterocycles. The number of hydrogen-bond acceptors (Lipinski definition) is 13. The lowest BCUT2D eigenvalue weighted by molar-refractivity contribution is -0.344. The molecule has 2 aromatic carbocycles. The summed E-state index contributed by atoms with van der Waals surface area (Å²) in [6.45, 7) is 9.82. The normalized spacial score (nSPS) is 11.6. The van der Waals surface area contributed by atoms with Gasteiger partial charge in [0, 0.05) is 80.0 Å². The van der Waals surface area contributed by atoms with E-state index in [0.717, 1.165) is 22.0 Å². The highest BCUT2D eigenvalue weighted by Crippen LogP contribution is 2.42. The number of carbonyl (C=O) groups is 4. The molecule has 0 spiro atoms. The molecule has 0 saturated carbocycles. The zero-order chi connectivity index (χ0) is 47.5. The molecule has 1 N–H and O–H groups in total. The van der Waals surface area contributed by atoms with Gasteiger partial charge in [-0.1, -0.05) is 6.07 Å². The molecule has 18 heteroatoms. The van der Waals surface area contributed by atoms with Gasteiger partial charge in [-0.25, -0.2) is 9.37 Å². The van der Waals surface area contributed by atoms with Crippen molar-refractivity contribution in [2.75, 3.05) is 99.2 Å². The molecule has 4 rings (SSSR count). The summed E-state index contributed by atoms with van der Waals surface area (Å²) in [5, 5.41) is 20.7. The second-order valence-electron chi connectivity index (χ2n) is 15.8. The Kier molecular flexibility index (Phi) is 21.3. The Morgan fingerprint density at radius 2 is 1.25 bits per heavy atom. The molecular formula is C46H59F3N2O13. The van der Waals surface area contributed by atoms with Gasteiger partial charge in [0.25, 0.3) is 0 Å². The summed E-state index contributed by atoms with van der Waals surface area (Å²) in [5.41, 5.74) is 3.50. The first-order chi connectivity index (χ1) is 30.2. The number of halogens is 3. The number of ketones is 1. The number of carbonyl (C=O) groups excluding carboxylic acids is 3. The number of Topliss-reactive ketones (excluding diaryl/α,β-unsaturated/α-hetero) is 1. The molecular weight excluding hydrogens is 846 g/mol. The van der Waals surface area contributed by atoms with Gasteiger partial charge in [0.15, 0.2) is 5.78 Å². The fourth-order valence-corrected chi connectivity index (χ4v) is 6.00. The van der Waals surface area contributed by atoms with Crippen LogP contribution in [0.3, 0.4) is 0 Å². The van der Waals surface area contributed by atoms with Crippen LogP contribution in [-0.4, -0.2) is 135 Å². The molecule has 1 aliphatic carbocycles. The van der Waals surface area contributed by atoms with Gasteiger partial charge in [0.2, 0.25) is 5.36 Å². The molecule has 1 heterocycles. The molecule has 0 bridgehead atoms. The van der Waals surface area contributed by atoms with Gasteiger partial charge < -0.3 is 52.7 Å². The number of carboxylic acid groups (broad SMARTS) is 2. The number of alkyl halides is 3. The van der Waals surface area contributed by atoms with Gasteiger partial charge in [0.05, 0.1) is 64.5 Å². The van der Waals surface area contributed by atoms with Crippen LogP contribution >= 0.6 is 0 Å². The summed E-state index contributed by atoms with van der Waals surface area (Å²) in [5.74, 6) is -3.80. The topological polar surface area (TPSA) is 186 Å². The van der Waals surface area contributed by atoms with Crippen molar-refractivity contribution >= 4 is 40.3 Å². The average molecular weight is 905 g/mol. The number of aromatic carboxylic acids is 1. The molecule has 352 valence electrons. The van der Waals surface area contributed by atoms with Crippen LogP contribution < -0.4 is 19.9 Å². The summed E-state index contributed by atoms with van der Waals surface area (Å²) in [4.78, 5) is 48.4. The van der Waals surface area contributed by atoms with Crippen LogP contribution in [0.5, 0.6) is 0 Å². The Morgan fingerprint density at radius 3 is 1.73 bits per heavy atom. The van der Waals surface area contributed by atoms with Gasteiger partial charge in [-0.05, 0) is 69.5 Å². The van der Waals surface area contributed by atoms with Gasteiger partial charge in [-0.15, -0.1) is 0 Å². The lowest BCUT2D eigenvalue weighted by atomic mass is 9.88. The number of carboxylic acids is 2. The monoisotopic (exact) mass is 904 g/mol. The maximum Gasteiger partial charge on any atom is 0.430 e. The fraction of sp³-hybridized carbons (Fsp3) is 0.500. The largest absolute Gasteiger partial charge is 0.542 e. The molecule has 0 amide bonds. The van der Waals surface area contributed by atoms with Crippen molar-refractivity contribution in [1.29, 1.82) is 0 Å². The standard InChI is InChI=1S/C44H58N2O11.C2HF3O2/c1-44(2,3)57-41(48)11-9-19-52-21-23-54-25-27-55-26-24-53-22-20-51-18-8-10-38(47)31-12-15-34(43(49)50)37(28-31)42-35-16-13-32(45(4)5)29-39(35)56-40-30-33(46(6)7)14-17-36(40)42;3-2(4,5)1(6)7/h12-17,28-30H,8-11,18-27H2,1-7H3;(H,6,7). The van der Waals surface area contributed by atoms with Crippen molar-refractivity contribution in [2.45, 2.75) is 58.2 Å². The van der Waals surface area contributed by atoms with Crippen LogP contribution in [0.15, 0.2) is 59.0 Å². The third kappa shape index (κ3) is 18.0. The molecule has 0 atom stereocenters. The number of aliphatic carboxylic acids is 1. The number of fused-ring (bicyclic) bond motifs is 2. The first-order valence-electron chi connectivity index (χ1n) is 20.7. The van der Waals surface area contributed by atoms with Crippen molar-refractivity contribution < 1.29 is 75.4 Å². The first-order valence-corrected chi connectivity index (χ1v) is 20.7. The highest BCUT2D eigenvalue weighted by Gasteiger charge is 2.29. The van der Waals surface area contributed by atoms with Crippen LogP contribution in [0.1, 0.15) is 67.2 Å². The highest BCUT2D eigenvalue weighted by atomic mass is 19.4. The quantitative estimate of drug-likeness (QED) is 0.0307. The number of hydrogen-bond donors (Lipinski definition) is 1. The molecule has 15 nitrogen and oxygen atoms in total. The fourth-order valence-electron chi connectivity index (χ4n) is 6.00. The Labute approximate surface area is 370 Å². The zero-order valence-corrected chi connectivity index (χ0v) is 37.5. The Hall–Kier alpha value is -5.40. The second kappa shape index (κ2) is 25.8. The summed E-state index contributed by atoms with van der Waals surface area (Å²) in [7, 11) is 7.79. The maximum absolute atomic E-state index is 13.4. The van der Waals surface area contributed by atoms with E-state index < -0.39 is 23.7 Å². The Balaban J connectivity index is 0.00000143. The van der Waals surface area contributed by atoms with Crippen molar-refractivity contribution in [3.05, 3.63) is 71.1 Å². The average Bonchev–Trinajstić information content (AvgIpc) is 3.21. The van der Waals surface area contributed by atoms with Crippen LogP contribution in [0, 0.1) is 0 Å². The second-order valence-corrected chi connectivity index (χ2v) is 15.8. The molecule has 0 saturated heterocycles. The minimum Gasteiger partial charge on any atom is -0.542 e. The minimum absolute atomic E-state index is 0.0995. The van der Waals surface area contributed by atoms with Crippen LogP contribution in [0.2, 0.25) is 0 Å². The van der Waals surface area contributed by atoms with Crippen LogP contribution in [0.25, 0.3) is 33.4 Å². The van der Waals surface area contributed by atoms with E-state index in [2.05, 4.69) is 0 Å². The van der Waals surface area contributed by atoms with E-state index >= 15 is 0 Å². The molecule has 0 unspecified atom stereocenters. The number of benzene rings is 3. The van der Waals surface area contributed by atoms with Gasteiger partial charge in [0.1, 0.15) is 37.0 Å². The first kappa shape index (κ1) is 52.9. The summed E-state index contributed by atoms with van der Waals surface area (Å²) in [6, 6.07) is 16.5. The third-order valence-electron chi connectivity index (χ3n) is 9.06. The number of anilines is 1. The van der Waals surface area contributed by atoms with Crippen molar-refractivity contribution in [1.82, 2.24) is 4.58 Å². The number of nitrogens with zero attached hydrogens (tertiary/aromatic N) is 2.